The minimum Gasteiger partial charge on any atom is -0.444 e. The van der Waals surface area contributed by atoms with Gasteiger partial charge in [0.25, 0.3) is 0 Å². The predicted molar refractivity (Wildman–Crippen MR) is 101 cm³/mol. The molecular formula is C19H28F3N3O3. The van der Waals surface area contributed by atoms with Gasteiger partial charge in [-0.05, 0) is 51.3 Å². The number of carbonyl (C=O) groups excluding carboxylic acids is 1. The first-order valence-corrected chi connectivity index (χ1v) is 9.21. The van der Waals surface area contributed by atoms with Crippen LogP contribution in [-0.2, 0) is 16.0 Å². The van der Waals surface area contributed by atoms with Crippen LogP contribution in [0, 0.1) is 0 Å². The van der Waals surface area contributed by atoms with E-state index in [4.69, 9.17) is 15.2 Å². The van der Waals surface area contributed by atoms with Gasteiger partial charge in [-0.25, -0.2) is 4.79 Å². The van der Waals surface area contributed by atoms with Gasteiger partial charge < -0.3 is 25.4 Å². The molecule has 1 fully saturated rings. The molecule has 0 aromatic heterocycles. The number of hydrogen-bond donors (Lipinski definition) is 2. The molecule has 1 saturated heterocycles. The van der Waals surface area contributed by atoms with Gasteiger partial charge in [-0.15, -0.1) is 0 Å². The molecule has 1 aliphatic heterocycles. The van der Waals surface area contributed by atoms with Gasteiger partial charge in [0, 0.05) is 25.8 Å². The maximum atomic E-state index is 12.7. The molecule has 0 radical (unpaired) electrons. The summed E-state index contributed by atoms with van der Waals surface area (Å²) in [5.74, 6) is 0. The van der Waals surface area contributed by atoms with Gasteiger partial charge in [-0.1, -0.05) is 6.07 Å². The molecule has 0 bridgehead atoms. The van der Waals surface area contributed by atoms with Crippen LogP contribution in [0.15, 0.2) is 18.2 Å². The Hall–Kier alpha value is -2.16. The number of amides is 1. The summed E-state index contributed by atoms with van der Waals surface area (Å²) in [4.78, 5) is 14.4. The van der Waals surface area contributed by atoms with Crippen molar-refractivity contribution in [3.05, 3.63) is 23.8 Å². The standard InChI is InChI=1S/C19H28F3N3O3/c1-18(2,3)28-17(26)25(14-6-8-27-9-7-14)11-13-4-5-16(15(23)10-13)24-12-19(20,21)22/h4-5,10,14,24H,6-9,11-12,23H2,1-3H3. The van der Waals surface area contributed by atoms with Crippen LogP contribution in [-0.4, -0.2) is 48.6 Å². The van der Waals surface area contributed by atoms with Crippen molar-refractivity contribution in [3.8, 4) is 0 Å². The molecule has 3 N–H and O–H groups in total. The Balaban J connectivity index is 2.14. The number of rotatable bonds is 5. The van der Waals surface area contributed by atoms with Crippen LogP contribution in [0.2, 0.25) is 0 Å². The molecular weight excluding hydrogens is 375 g/mol. The number of anilines is 2. The first kappa shape index (κ1) is 22.1. The lowest BCUT2D eigenvalue weighted by Gasteiger charge is -2.35. The minimum atomic E-state index is -4.33. The fraction of sp³-hybridized carbons (Fsp3) is 0.632. The third-order valence-corrected chi connectivity index (χ3v) is 4.21. The summed E-state index contributed by atoms with van der Waals surface area (Å²) in [6.07, 6.45) is -3.38. The molecule has 1 heterocycles. The van der Waals surface area contributed by atoms with E-state index in [2.05, 4.69) is 5.32 Å². The van der Waals surface area contributed by atoms with Crippen molar-refractivity contribution in [2.45, 2.75) is 58.0 Å². The molecule has 9 heteroatoms. The first-order valence-electron chi connectivity index (χ1n) is 9.21. The van der Waals surface area contributed by atoms with Crippen LogP contribution in [0.25, 0.3) is 0 Å². The van der Waals surface area contributed by atoms with Crippen molar-refractivity contribution in [3.63, 3.8) is 0 Å². The van der Waals surface area contributed by atoms with Crippen molar-refractivity contribution in [2.75, 3.05) is 30.8 Å². The molecule has 28 heavy (non-hydrogen) atoms. The normalized spacial score (nSPS) is 15.9. The molecule has 0 aliphatic carbocycles. The molecule has 1 aliphatic rings. The zero-order valence-corrected chi connectivity index (χ0v) is 16.4. The number of hydrogen-bond acceptors (Lipinski definition) is 5. The minimum absolute atomic E-state index is 0.0344. The highest BCUT2D eigenvalue weighted by Crippen LogP contribution is 2.26. The highest BCUT2D eigenvalue weighted by Gasteiger charge is 2.30. The Morgan fingerprint density at radius 1 is 1.29 bits per heavy atom. The Bertz CT molecular complexity index is 669. The zero-order valence-electron chi connectivity index (χ0n) is 16.4. The van der Waals surface area contributed by atoms with E-state index in [1.54, 1.807) is 37.8 Å². The topological polar surface area (TPSA) is 76.8 Å². The highest BCUT2D eigenvalue weighted by atomic mass is 19.4. The number of carbonyl (C=O) groups is 1. The van der Waals surface area contributed by atoms with Gasteiger partial charge in [0.1, 0.15) is 12.1 Å². The van der Waals surface area contributed by atoms with Gasteiger partial charge in [0.05, 0.1) is 11.4 Å². The fourth-order valence-corrected chi connectivity index (χ4v) is 2.92. The fourth-order valence-electron chi connectivity index (χ4n) is 2.92. The van der Waals surface area contributed by atoms with Crippen molar-refractivity contribution in [1.82, 2.24) is 4.90 Å². The lowest BCUT2D eigenvalue weighted by atomic mass is 10.1. The van der Waals surface area contributed by atoms with E-state index in [1.165, 1.54) is 6.07 Å². The summed E-state index contributed by atoms with van der Waals surface area (Å²) in [6.45, 7) is 5.61. The largest absolute Gasteiger partial charge is 0.444 e. The van der Waals surface area contributed by atoms with Gasteiger partial charge >= 0.3 is 12.3 Å². The smallest absolute Gasteiger partial charge is 0.410 e. The molecule has 158 valence electrons. The molecule has 1 aromatic rings. The number of alkyl halides is 3. The van der Waals surface area contributed by atoms with Crippen LogP contribution in [0.4, 0.5) is 29.3 Å². The average molecular weight is 403 g/mol. The number of ether oxygens (including phenoxy) is 2. The average Bonchev–Trinajstić information content (AvgIpc) is 2.57. The molecule has 0 atom stereocenters. The summed E-state index contributed by atoms with van der Waals surface area (Å²) in [5.41, 5.74) is 6.38. The summed E-state index contributed by atoms with van der Waals surface area (Å²) < 4.78 is 48.1. The quantitative estimate of drug-likeness (QED) is 0.722. The van der Waals surface area contributed by atoms with Gasteiger partial charge in [-0.2, -0.15) is 13.2 Å². The van der Waals surface area contributed by atoms with Gasteiger partial charge in [0.2, 0.25) is 0 Å². The number of nitrogen functional groups attached to an aromatic ring is 1. The second kappa shape index (κ2) is 8.89. The number of nitrogens with one attached hydrogen (secondary N) is 1. The highest BCUT2D eigenvalue weighted by molar-refractivity contribution is 5.70. The summed E-state index contributed by atoms with van der Waals surface area (Å²) in [5, 5.41) is 2.28. The monoisotopic (exact) mass is 403 g/mol. The van der Waals surface area contributed by atoms with Crippen LogP contribution < -0.4 is 11.1 Å². The predicted octanol–water partition coefficient (Wildman–Crippen LogP) is 4.16. The summed E-state index contributed by atoms with van der Waals surface area (Å²) in [6, 6.07) is 4.70. The maximum Gasteiger partial charge on any atom is 0.410 e. The second-order valence-corrected chi connectivity index (χ2v) is 7.84. The summed E-state index contributed by atoms with van der Waals surface area (Å²) in [7, 11) is 0. The molecule has 6 nitrogen and oxygen atoms in total. The number of benzene rings is 1. The Labute approximate surface area is 163 Å². The Morgan fingerprint density at radius 2 is 1.93 bits per heavy atom. The van der Waals surface area contributed by atoms with E-state index in [1.807, 2.05) is 0 Å². The Morgan fingerprint density at radius 3 is 2.46 bits per heavy atom. The lowest BCUT2D eigenvalue weighted by Crippen LogP contribution is -2.45. The van der Waals surface area contributed by atoms with E-state index in [0.29, 0.717) is 31.6 Å². The van der Waals surface area contributed by atoms with Gasteiger partial charge in [-0.3, -0.25) is 0 Å². The van der Waals surface area contributed by atoms with Crippen molar-refractivity contribution in [1.29, 1.82) is 0 Å². The molecule has 0 saturated carbocycles. The van der Waals surface area contributed by atoms with Crippen LogP contribution >= 0.6 is 0 Å². The van der Waals surface area contributed by atoms with Crippen molar-refractivity contribution in [2.24, 2.45) is 0 Å². The number of nitrogens with two attached hydrogens (primary N) is 1. The SMILES string of the molecule is CC(C)(C)OC(=O)N(Cc1ccc(NCC(F)(F)F)c(N)c1)C1CCOCC1. The second-order valence-electron chi connectivity index (χ2n) is 7.84. The van der Waals surface area contributed by atoms with E-state index in [-0.39, 0.29) is 24.0 Å². The zero-order chi connectivity index (χ0) is 20.9. The number of halogens is 3. The van der Waals surface area contributed by atoms with Gasteiger partial charge in [0.15, 0.2) is 0 Å². The lowest BCUT2D eigenvalue weighted by molar-refractivity contribution is -0.115. The third kappa shape index (κ3) is 7.10. The maximum absolute atomic E-state index is 12.7. The van der Waals surface area contributed by atoms with Crippen LogP contribution in [0.5, 0.6) is 0 Å². The first-order chi connectivity index (χ1) is 12.9. The Kier molecular flexibility index (Phi) is 7.03. The van der Waals surface area contributed by atoms with E-state index in [9.17, 15) is 18.0 Å². The van der Waals surface area contributed by atoms with Crippen molar-refractivity contribution >= 4 is 17.5 Å². The molecule has 2 rings (SSSR count). The van der Waals surface area contributed by atoms with E-state index in [0.717, 1.165) is 0 Å². The molecule has 0 unspecified atom stereocenters. The third-order valence-electron chi connectivity index (χ3n) is 4.21. The van der Waals surface area contributed by atoms with E-state index >= 15 is 0 Å². The molecule has 1 aromatic carbocycles. The van der Waals surface area contributed by atoms with Crippen LogP contribution in [0.3, 0.4) is 0 Å². The van der Waals surface area contributed by atoms with Crippen molar-refractivity contribution < 1.29 is 27.4 Å². The molecule has 0 spiro atoms. The summed E-state index contributed by atoms with van der Waals surface area (Å²) >= 11 is 0. The van der Waals surface area contributed by atoms with Crippen LogP contribution in [0.1, 0.15) is 39.2 Å². The molecule has 1 amide bonds. The van der Waals surface area contributed by atoms with E-state index < -0.39 is 24.4 Å². The number of nitrogens with zero attached hydrogens (tertiary/aromatic N) is 1.